The molecule has 5 nitrogen and oxygen atoms in total. The van der Waals surface area contributed by atoms with Crippen molar-refractivity contribution in [3.05, 3.63) is 126 Å². The molecule has 2 aromatic heterocycles. The molecule has 42 heavy (non-hydrogen) atoms. The Balaban J connectivity index is 0.000000517. The van der Waals surface area contributed by atoms with Crippen LogP contribution in [0.3, 0.4) is 0 Å². The summed E-state index contributed by atoms with van der Waals surface area (Å²) in [6.45, 7) is 18.4. The van der Waals surface area contributed by atoms with E-state index in [9.17, 15) is 0 Å². The molecule has 0 saturated heterocycles. The Labute approximate surface area is 253 Å². The molecule has 222 valence electrons. The first-order chi connectivity index (χ1) is 20.3. The molecule has 0 spiro atoms. The van der Waals surface area contributed by atoms with Gasteiger partial charge in [-0.15, -0.1) is 0 Å². The predicted molar refractivity (Wildman–Crippen MR) is 178 cm³/mol. The fourth-order valence-electron chi connectivity index (χ4n) is 5.26. The fraction of sp³-hybridized carbons (Fsp3) is 0.378. The van der Waals surface area contributed by atoms with Gasteiger partial charge in [-0.25, -0.2) is 4.98 Å². The summed E-state index contributed by atoms with van der Waals surface area (Å²) >= 11 is 0. The molecular weight excluding hydrogens is 514 g/mol. The van der Waals surface area contributed by atoms with Crippen LogP contribution in [0.2, 0.25) is 0 Å². The first kappa shape index (κ1) is 31.3. The summed E-state index contributed by atoms with van der Waals surface area (Å²) in [5.74, 6) is 1.08. The first-order valence-corrected chi connectivity index (χ1v) is 15.5. The van der Waals surface area contributed by atoms with E-state index in [-0.39, 0.29) is 11.5 Å². The highest BCUT2D eigenvalue weighted by Gasteiger charge is 2.25. The Bertz CT molecular complexity index is 1470. The van der Waals surface area contributed by atoms with E-state index in [2.05, 4.69) is 159 Å². The summed E-state index contributed by atoms with van der Waals surface area (Å²) in [5.41, 5.74) is 6.12. The van der Waals surface area contributed by atoms with Gasteiger partial charge in [-0.2, -0.15) is 0 Å². The maximum Gasteiger partial charge on any atom is 0.126 e. The lowest BCUT2D eigenvalue weighted by molar-refractivity contribution is 0.321. The average Bonchev–Trinajstić information content (AvgIpc) is 3.62. The second-order valence-electron chi connectivity index (χ2n) is 12.0. The first-order valence-electron chi connectivity index (χ1n) is 15.5. The Kier molecular flexibility index (Phi) is 11.2. The van der Waals surface area contributed by atoms with Crippen molar-refractivity contribution in [2.45, 2.75) is 72.5 Å². The molecule has 0 amide bonds. The zero-order chi connectivity index (χ0) is 30.0. The molecule has 0 bridgehead atoms. The van der Waals surface area contributed by atoms with Crippen molar-refractivity contribution in [1.82, 2.24) is 24.8 Å². The lowest BCUT2D eigenvalue weighted by Gasteiger charge is -2.20. The van der Waals surface area contributed by atoms with Crippen molar-refractivity contribution < 1.29 is 0 Å². The molecule has 0 unspecified atom stereocenters. The number of fused-ring (bicyclic) bond motifs is 1. The van der Waals surface area contributed by atoms with Crippen molar-refractivity contribution in [2.24, 2.45) is 0 Å². The molecule has 3 aromatic carbocycles. The highest BCUT2D eigenvalue weighted by molar-refractivity contribution is 5.83. The average molecular weight is 564 g/mol. The number of hydrogen-bond donors (Lipinski definition) is 2. The Morgan fingerprint density at radius 3 is 2.00 bits per heavy atom. The number of aromatic nitrogens is 3. The van der Waals surface area contributed by atoms with Crippen LogP contribution in [-0.2, 0) is 24.9 Å². The number of para-hydroxylation sites is 1. The lowest BCUT2D eigenvalue weighted by Crippen LogP contribution is -2.26. The highest BCUT2D eigenvalue weighted by atomic mass is 15.1. The number of benzene rings is 3. The van der Waals surface area contributed by atoms with Crippen LogP contribution in [0.5, 0.6) is 0 Å². The third-order valence-corrected chi connectivity index (χ3v) is 7.92. The van der Waals surface area contributed by atoms with Crippen molar-refractivity contribution >= 4 is 10.9 Å². The summed E-state index contributed by atoms with van der Waals surface area (Å²) in [4.78, 5) is 11.1. The van der Waals surface area contributed by atoms with E-state index in [4.69, 9.17) is 4.98 Å². The van der Waals surface area contributed by atoms with Gasteiger partial charge in [0.2, 0.25) is 0 Å². The van der Waals surface area contributed by atoms with Gasteiger partial charge < -0.3 is 19.8 Å². The standard InChI is InChI=1S/C31H34N4.C6H15N/c1-31(2,3)29-22-35(21-24-14-8-5-9-15-24)30(34-29)28(32-19-23-12-6-4-7-13-23)18-25-20-33-27-17-11-10-16-26(25)27;1-4-7(5-2)6-3/h4-17,20,22,28,32-33H,18-19,21H2,1-3H3;4-6H2,1-3H3/t28-;/m1./s1. The molecule has 0 aliphatic rings. The highest BCUT2D eigenvalue weighted by Crippen LogP contribution is 2.28. The fourth-order valence-corrected chi connectivity index (χ4v) is 5.26. The normalized spacial score (nSPS) is 12.4. The minimum absolute atomic E-state index is 0.0263. The van der Waals surface area contributed by atoms with Gasteiger partial charge in [0.1, 0.15) is 5.82 Å². The number of rotatable bonds is 11. The summed E-state index contributed by atoms with van der Waals surface area (Å²) in [6.07, 6.45) is 5.25. The minimum atomic E-state index is -0.0263. The Morgan fingerprint density at radius 2 is 1.40 bits per heavy atom. The number of nitrogens with one attached hydrogen (secondary N) is 2. The molecule has 0 fully saturated rings. The van der Waals surface area contributed by atoms with Gasteiger partial charge >= 0.3 is 0 Å². The van der Waals surface area contributed by atoms with Crippen LogP contribution >= 0.6 is 0 Å². The molecule has 0 radical (unpaired) electrons. The van der Waals surface area contributed by atoms with E-state index in [0.717, 1.165) is 31.0 Å². The SMILES string of the molecule is CC(C)(C)c1cn(Cc2ccccc2)c([C@@H](Cc2c[nH]c3ccccc23)NCc2ccccc2)n1.CCN(CC)CC. The largest absolute Gasteiger partial charge is 0.361 e. The molecule has 1 atom stereocenters. The molecule has 2 heterocycles. The van der Waals surface area contributed by atoms with Gasteiger partial charge in [0, 0.05) is 41.8 Å². The van der Waals surface area contributed by atoms with Gasteiger partial charge in [0.05, 0.1) is 11.7 Å². The van der Waals surface area contributed by atoms with Crippen LogP contribution in [0.15, 0.2) is 97.3 Å². The number of aromatic amines is 1. The van der Waals surface area contributed by atoms with Gasteiger partial charge in [-0.3, -0.25) is 0 Å². The van der Waals surface area contributed by atoms with Gasteiger partial charge in [-0.05, 0) is 48.8 Å². The third kappa shape index (κ3) is 8.43. The molecule has 5 aromatic rings. The van der Waals surface area contributed by atoms with Gasteiger partial charge in [0.25, 0.3) is 0 Å². The third-order valence-electron chi connectivity index (χ3n) is 7.92. The van der Waals surface area contributed by atoms with Crippen molar-refractivity contribution in [1.29, 1.82) is 0 Å². The molecule has 5 heteroatoms. The van der Waals surface area contributed by atoms with E-state index < -0.39 is 0 Å². The van der Waals surface area contributed by atoms with E-state index in [0.29, 0.717) is 0 Å². The number of imidazole rings is 1. The van der Waals surface area contributed by atoms with E-state index in [1.165, 1.54) is 47.2 Å². The summed E-state index contributed by atoms with van der Waals surface area (Å²) < 4.78 is 2.34. The maximum absolute atomic E-state index is 5.24. The van der Waals surface area contributed by atoms with Crippen LogP contribution in [-0.4, -0.2) is 39.1 Å². The Morgan fingerprint density at radius 1 is 0.810 bits per heavy atom. The zero-order valence-corrected chi connectivity index (χ0v) is 26.4. The smallest absolute Gasteiger partial charge is 0.126 e. The molecule has 0 aliphatic carbocycles. The minimum Gasteiger partial charge on any atom is -0.361 e. The molecule has 5 rings (SSSR count). The molecular formula is C37H49N5. The zero-order valence-electron chi connectivity index (χ0n) is 26.4. The van der Waals surface area contributed by atoms with Crippen molar-refractivity contribution in [2.75, 3.05) is 19.6 Å². The van der Waals surface area contributed by atoms with Crippen molar-refractivity contribution in [3.8, 4) is 0 Å². The van der Waals surface area contributed by atoms with Crippen LogP contribution < -0.4 is 5.32 Å². The molecule has 0 aliphatic heterocycles. The molecule has 0 saturated carbocycles. The monoisotopic (exact) mass is 563 g/mol. The molecule has 2 N–H and O–H groups in total. The van der Waals surface area contributed by atoms with Crippen LogP contribution in [0.4, 0.5) is 0 Å². The number of nitrogens with zero attached hydrogens (tertiary/aromatic N) is 3. The maximum atomic E-state index is 5.24. The summed E-state index contributed by atoms with van der Waals surface area (Å²) in [6, 6.07) is 29.9. The van der Waals surface area contributed by atoms with Crippen LogP contribution in [0.1, 0.15) is 75.8 Å². The van der Waals surface area contributed by atoms with E-state index in [1.54, 1.807) is 0 Å². The predicted octanol–water partition coefficient (Wildman–Crippen LogP) is 8.13. The van der Waals surface area contributed by atoms with Crippen LogP contribution in [0.25, 0.3) is 10.9 Å². The van der Waals surface area contributed by atoms with E-state index in [1.807, 2.05) is 0 Å². The Hall–Kier alpha value is -3.67. The van der Waals surface area contributed by atoms with Gasteiger partial charge in [0.15, 0.2) is 0 Å². The second-order valence-corrected chi connectivity index (χ2v) is 12.0. The number of H-pyrrole nitrogens is 1. The quantitative estimate of drug-likeness (QED) is 0.171. The van der Waals surface area contributed by atoms with Crippen molar-refractivity contribution in [3.63, 3.8) is 0 Å². The second kappa shape index (κ2) is 15.0. The number of hydrogen-bond acceptors (Lipinski definition) is 3. The topological polar surface area (TPSA) is 48.9 Å². The summed E-state index contributed by atoms with van der Waals surface area (Å²) in [7, 11) is 0. The van der Waals surface area contributed by atoms with E-state index >= 15 is 0 Å². The van der Waals surface area contributed by atoms with Crippen LogP contribution in [0, 0.1) is 0 Å². The summed E-state index contributed by atoms with van der Waals surface area (Å²) in [5, 5.41) is 5.12. The van der Waals surface area contributed by atoms with Gasteiger partial charge in [-0.1, -0.05) is 120 Å². The lowest BCUT2D eigenvalue weighted by atomic mass is 9.93.